The molecule has 3 aromatic rings. The largest absolute Gasteiger partial charge is 0.375 e. The zero-order valence-electron chi connectivity index (χ0n) is 12.3. The number of amides is 1. The van der Waals surface area contributed by atoms with Gasteiger partial charge in [0.25, 0.3) is 5.91 Å². The lowest BCUT2D eigenvalue weighted by atomic mass is 10.3. The Kier molecular flexibility index (Phi) is 3.76. The number of nitrogens with two attached hydrogens (primary N) is 1. The molecule has 0 spiro atoms. The van der Waals surface area contributed by atoms with Gasteiger partial charge in [-0.05, 0) is 19.9 Å². The number of aromatic nitrogens is 4. The Morgan fingerprint density at radius 3 is 2.91 bits per heavy atom. The first kappa shape index (κ1) is 14.5. The number of fused-ring (bicyclic) bond motifs is 1. The summed E-state index contributed by atoms with van der Waals surface area (Å²) < 4.78 is 1.73. The Balaban J connectivity index is 1.69. The first-order valence-electron chi connectivity index (χ1n) is 6.85. The normalized spacial score (nSPS) is 11.0. The number of nitrogen functional groups attached to an aromatic ring is 1. The second-order valence-electron chi connectivity index (χ2n) is 5.02. The van der Waals surface area contributed by atoms with E-state index in [1.165, 1.54) is 11.3 Å². The van der Waals surface area contributed by atoms with E-state index in [2.05, 4.69) is 20.4 Å². The summed E-state index contributed by atoms with van der Waals surface area (Å²) in [6.07, 6.45) is 0.645. The zero-order valence-corrected chi connectivity index (χ0v) is 13.1. The van der Waals surface area contributed by atoms with Crippen molar-refractivity contribution in [1.29, 1.82) is 0 Å². The Morgan fingerprint density at radius 1 is 1.36 bits per heavy atom. The third-order valence-corrected chi connectivity index (χ3v) is 3.92. The molecular formula is C14H16N6OS. The van der Waals surface area contributed by atoms with Crippen LogP contribution in [-0.2, 0) is 6.42 Å². The lowest BCUT2D eigenvalue weighted by molar-refractivity contribution is 0.0949. The molecule has 3 N–H and O–H groups in total. The van der Waals surface area contributed by atoms with Crippen molar-refractivity contribution in [3.8, 4) is 0 Å². The minimum absolute atomic E-state index is 0.201. The highest BCUT2D eigenvalue weighted by Crippen LogP contribution is 2.11. The molecule has 0 atom stereocenters. The second kappa shape index (κ2) is 5.72. The molecular weight excluding hydrogens is 300 g/mol. The number of thiazole rings is 1. The van der Waals surface area contributed by atoms with Gasteiger partial charge in [-0.15, -0.1) is 11.3 Å². The molecule has 0 aliphatic carbocycles. The highest BCUT2D eigenvalue weighted by molar-refractivity contribution is 7.13. The molecule has 3 aromatic heterocycles. The average Bonchev–Trinajstić information content (AvgIpc) is 3.04. The van der Waals surface area contributed by atoms with Crippen molar-refractivity contribution in [2.24, 2.45) is 0 Å². The maximum absolute atomic E-state index is 12.2. The van der Waals surface area contributed by atoms with E-state index >= 15 is 0 Å². The van der Waals surface area contributed by atoms with Gasteiger partial charge in [0.2, 0.25) is 0 Å². The summed E-state index contributed by atoms with van der Waals surface area (Å²) in [4.78, 5) is 20.7. The Bertz CT molecular complexity index is 837. The van der Waals surface area contributed by atoms with Gasteiger partial charge in [0.15, 0.2) is 10.8 Å². The molecule has 1 amide bonds. The number of carbonyl (C=O) groups is 1. The SMILES string of the molecule is Cc1cc2nc(C(=O)NCCc3csc(N)n3)cc(C)n2n1. The molecule has 3 rings (SSSR count). The molecule has 114 valence electrons. The Labute approximate surface area is 131 Å². The number of aryl methyl sites for hydroxylation is 2. The smallest absolute Gasteiger partial charge is 0.270 e. The van der Waals surface area contributed by atoms with Gasteiger partial charge in [-0.25, -0.2) is 14.5 Å². The third-order valence-electron chi connectivity index (χ3n) is 3.20. The highest BCUT2D eigenvalue weighted by atomic mass is 32.1. The molecule has 0 unspecified atom stereocenters. The van der Waals surface area contributed by atoms with Crippen LogP contribution in [-0.4, -0.2) is 32.0 Å². The highest BCUT2D eigenvalue weighted by Gasteiger charge is 2.11. The molecule has 0 bridgehead atoms. The first-order chi connectivity index (χ1) is 10.5. The van der Waals surface area contributed by atoms with Crippen LogP contribution >= 0.6 is 11.3 Å². The number of carbonyl (C=O) groups excluding carboxylic acids is 1. The number of rotatable bonds is 4. The molecule has 0 radical (unpaired) electrons. The fourth-order valence-electron chi connectivity index (χ4n) is 2.19. The summed E-state index contributed by atoms with van der Waals surface area (Å²) in [5.74, 6) is -0.201. The van der Waals surface area contributed by atoms with Crippen LogP contribution in [0.2, 0.25) is 0 Å². The summed E-state index contributed by atoms with van der Waals surface area (Å²) in [7, 11) is 0. The molecule has 0 saturated heterocycles. The average molecular weight is 316 g/mol. The van der Waals surface area contributed by atoms with Crippen molar-refractivity contribution >= 4 is 28.0 Å². The van der Waals surface area contributed by atoms with Gasteiger partial charge in [-0.3, -0.25) is 4.79 Å². The van der Waals surface area contributed by atoms with Gasteiger partial charge >= 0.3 is 0 Å². The van der Waals surface area contributed by atoms with Gasteiger partial charge in [-0.1, -0.05) is 0 Å². The summed E-state index contributed by atoms with van der Waals surface area (Å²) >= 11 is 1.40. The topological polar surface area (TPSA) is 98.2 Å². The van der Waals surface area contributed by atoms with Gasteiger partial charge < -0.3 is 11.1 Å². The van der Waals surface area contributed by atoms with E-state index in [4.69, 9.17) is 5.73 Å². The van der Waals surface area contributed by atoms with Crippen LogP contribution in [0.1, 0.15) is 27.6 Å². The molecule has 0 aliphatic rings. The van der Waals surface area contributed by atoms with Gasteiger partial charge in [0.1, 0.15) is 5.69 Å². The van der Waals surface area contributed by atoms with Gasteiger partial charge in [-0.2, -0.15) is 5.10 Å². The molecule has 8 heteroatoms. The van der Waals surface area contributed by atoms with Crippen LogP contribution in [0, 0.1) is 13.8 Å². The summed E-state index contributed by atoms with van der Waals surface area (Å²) in [6.45, 7) is 4.29. The van der Waals surface area contributed by atoms with Crippen molar-refractivity contribution in [3.63, 3.8) is 0 Å². The minimum Gasteiger partial charge on any atom is -0.375 e. The van der Waals surface area contributed by atoms with E-state index in [1.54, 1.807) is 10.6 Å². The molecule has 22 heavy (non-hydrogen) atoms. The number of nitrogens with zero attached hydrogens (tertiary/aromatic N) is 4. The van der Waals surface area contributed by atoms with Gasteiger partial charge in [0.05, 0.1) is 11.4 Å². The van der Waals surface area contributed by atoms with Crippen LogP contribution in [0.25, 0.3) is 5.65 Å². The van der Waals surface area contributed by atoms with E-state index in [0.717, 1.165) is 17.1 Å². The van der Waals surface area contributed by atoms with E-state index < -0.39 is 0 Å². The van der Waals surface area contributed by atoms with Crippen LogP contribution in [0.15, 0.2) is 17.5 Å². The molecule has 0 saturated carbocycles. The number of nitrogens with one attached hydrogen (secondary N) is 1. The van der Waals surface area contributed by atoms with E-state index in [-0.39, 0.29) is 5.91 Å². The van der Waals surface area contributed by atoms with Crippen LogP contribution in [0.3, 0.4) is 0 Å². The van der Waals surface area contributed by atoms with E-state index in [0.29, 0.717) is 29.4 Å². The lowest BCUT2D eigenvalue weighted by Gasteiger charge is -2.05. The molecule has 0 aromatic carbocycles. The van der Waals surface area contributed by atoms with Crippen LogP contribution in [0.5, 0.6) is 0 Å². The Hall–Kier alpha value is -2.48. The number of hydrogen-bond acceptors (Lipinski definition) is 6. The standard InChI is InChI=1S/C14H16N6OS/c1-8-5-12-18-11(6-9(2)20(12)19-8)13(21)16-4-3-10-7-22-14(15)17-10/h5-7H,3-4H2,1-2H3,(H2,15,17)(H,16,21). The third kappa shape index (κ3) is 2.91. The zero-order chi connectivity index (χ0) is 15.7. The Morgan fingerprint density at radius 2 is 2.18 bits per heavy atom. The number of anilines is 1. The van der Waals surface area contributed by atoms with Crippen molar-refractivity contribution in [1.82, 2.24) is 24.9 Å². The fourth-order valence-corrected chi connectivity index (χ4v) is 2.79. The number of hydrogen-bond donors (Lipinski definition) is 2. The minimum atomic E-state index is -0.201. The van der Waals surface area contributed by atoms with Gasteiger partial charge in [0, 0.05) is 30.1 Å². The van der Waals surface area contributed by atoms with Crippen LogP contribution in [0.4, 0.5) is 5.13 Å². The summed E-state index contributed by atoms with van der Waals surface area (Å²) in [5.41, 5.74) is 9.27. The fraction of sp³-hybridized carbons (Fsp3) is 0.286. The quantitative estimate of drug-likeness (QED) is 0.757. The molecule has 0 fully saturated rings. The summed E-state index contributed by atoms with van der Waals surface area (Å²) in [6, 6.07) is 3.58. The predicted molar refractivity (Wildman–Crippen MR) is 85.0 cm³/mol. The lowest BCUT2D eigenvalue weighted by Crippen LogP contribution is -2.27. The summed E-state index contributed by atoms with van der Waals surface area (Å²) in [5, 5.41) is 9.60. The molecule has 7 nitrogen and oxygen atoms in total. The molecule has 0 aliphatic heterocycles. The predicted octanol–water partition coefficient (Wildman–Crippen LogP) is 1.36. The maximum atomic E-state index is 12.2. The second-order valence-corrected chi connectivity index (χ2v) is 5.91. The van der Waals surface area contributed by atoms with Crippen molar-refractivity contribution in [2.45, 2.75) is 20.3 Å². The maximum Gasteiger partial charge on any atom is 0.270 e. The van der Waals surface area contributed by atoms with Crippen LogP contribution < -0.4 is 11.1 Å². The van der Waals surface area contributed by atoms with E-state index in [1.807, 2.05) is 25.3 Å². The molecule has 3 heterocycles. The van der Waals surface area contributed by atoms with Crippen molar-refractivity contribution in [3.05, 3.63) is 40.3 Å². The first-order valence-corrected chi connectivity index (χ1v) is 7.73. The van der Waals surface area contributed by atoms with E-state index in [9.17, 15) is 4.79 Å². The monoisotopic (exact) mass is 316 g/mol. The van der Waals surface area contributed by atoms with Crippen molar-refractivity contribution < 1.29 is 4.79 Å². The van der Waals surface area contributed by atoms with Crippen molar-refractivity contribution in [2.75, 3.05) is 12.3 Å².